The third-order valence-corrected chi connectivity index (χ3v) is 1.32. The third-order valence-electron chi connectivity index (χ3n) is 1.32. The van der Waals surface area contributed by atoms with Crippen LogP contribution in [0.5, 0.6) is 0 Å². The number of hydrogen-bond acceptors (Lipinski definition) is 1. The quantitative estimate of drug-likeness (QED) is 0.487. The predicted octanol–water partition coefficient (Wildman–Crippen LogP) is 1.37. The number of rotatable bonds is 2. The van der Waals surface area contributed by atoms with Gasteiger partial charge >= 0.3 is 0 Å². The molecule has 1 nitrogen and oxygen atoms in total. The second-order valence-corrected chi connectivity index (χ2v) is 1.85. The molecule has 0 amide bonds. The van der Waals surface area contributed by atoms with Crippen LogP contribution in [-0.4, -0.2) is 6.29 Å². The highest BCUT2D eigenvalue weighted by Crippen LogP contribution is 2.22. The van der Waals surface area contributed by atoms with Gasteiger partial charge in [-0.3, -0.25) is 4.79 Å². The summed E-state index contributed by atoms with van der Waals surface area (Å²) in [4.78, 5) is 9.87. The molecule has 0 fully saturated rings. The summed E-state index contributed by atoms with van der Waals surface area (Å²) in [5, 5.41) is 0. The zero-order chi connectivity index (χ0) is 5.98. The third kappa shape index (κ3) is 0.713. The zero-order valence-electron chi connectivity index (χ0n) is 4.61. The van der Waals surface area contributed by atoms with Gasteiger partial charge in [-0.15, -0.1) is 0 Å². The molecule has 0 aromatic rings. The molecule has 0 atom stereocenters. The van der Waals surface area contributed by atoms with E-state index in [1.165, 1.54) is 0 Å². The Morgan fingerprint density at radius 1 is 1.88 bits per heavy atom. The van der Waals surface area contributed by atoms with Crippen LogP contribution >= 0.6 is 0 Å². The molecule has 0 aliphatic heterocycles. The minimum absolute atomic E-state index is 0.524. The van der Waals surface area contributed by atoms with Crippen molar-refractivity contribution in [3.05, 3.63) is 23.8 Å². The Kier molecular flexibility index (Phi) is 1.29. The molecular formula is C7H7O. The highest BCUT2D eigenvalue weighted by Gasteiger charge is 2.07. The van der Waals surface area contributed by atoms with E-state index in [0.717, 1.165) is 18.4 Å². The fraction of sp³-hybridized carbons (Fsp3) is 0.286. The molecule has 8 heavy (non-hydrogen) atoms. The first-order chi connectivity index (χ1) is 3.84. The zero-order valence-corrected chi connectivity index (χ0v) is 4.61. The van der Waals surface area contributed by atoms with Crippen molar-refractivity contribution >= 4 is 6.29 Å². The van der Waals surface area contributed by atoms with Gasteiger partial charge in [0.25, 0.3) is 0 Å². The van der Waals surface area contributed by atoms with Crippen molar-refractivity contribution in [3.8, 4) is 0 Å². The van der Waals surface area contributed by atoms with Crippen LogP contribution in [0.3, 0.4) is 0 Å². The lowest BCUT2D eigenvalue weighted by molar-refractivity contribution is 0.561. The van der Waals surface area contributed by atoms with Crippen molar-refractivity contribution in [1.82, 2.24) is 0 Å². The van der Waals surface area contributed by atoms with Crippen molar-refractivity contribution in [2.75, 3.05) is 0 Å². The van der Waals surface area contributed by atoms with Crippen molar-refractivity contribution in [2.45, 2.75) is 12.8 Å². The van der Waals surface area contributed by atoms with E-state index in [1.807, 2.05) is 6.08 Å². The monoisotopic (exact) mass is 107 g/mol. The van der Waals surface area contributed by atoms with E-state index in [2.05, 4.69) is 6.58 Å². The van der Waals surface area contributed by atoms with Gasteiger partial charge in [0.05, 0.1) is 0 Å². The summed E-state index contributed by atoms with van der Waals surface area (Å²) in [6.07, 6.45) is 5.86. The van der Waals surface area contributed by atoms with Crippen LogP contribution in [0, 0.1) is 0 Å². The molecule has 0 heterocycles. The lowest BCUT2D eigenvalue weighted by atomic mass is 9.94. The average molecular weight is 107 g/mol. The second-order valence-electron chi connectivity index (χ2n) is 1.85. The van der Waals surface area contributed by atoms with Gasteiger partial charge in [0.1, 0.15) is 0 Å². The van der Waals surface area contributed by atoms with Gasteiger partial charge in [0.2, 0.25) is 6.29 Å². The van der Waals surface area contributed by atoms with Crippen LogP contribution in [0.25, 0.3) is 0 Å². The lowest BCUT2D eigenvalue weighted by Crippen LogP contribution is -1.96. The molecule has 0 aromatic carbocycles. The summed E-state index contributed by atoms with van der Waals surface area (Å²) in [5.41, 5.74) is 1.59. The summed E-state index contributed by atoms with van der Waals surface area (Å²) in [6, 6.07) is 0. The van der Waals surface area contributed by atoms with Crippen LogP contribution in [0.2, 0.25) is 0 Å². The highest BCUT2D eigenvalue weighted by atomic mass is 16.1. The Bertz CT molecular complexity index is 154. The van der Waals surface area contributed by atoms with Crippen molar-refractivity contribution in [2.24, 2.45) is 0 Å². The van der Waals surface area contributed by atoms with Crippen molar-refractivity contribution < 1.29 is 4.79 Å². The minimum Gasteiger partial charge on any atom is -0.285 e. The standard InChI is InChI=1S/C7H7O/c1-6(5-8)7-3-2-4-7/h3H,1-2,4H2. The first-order valence-corrected chi connectivity index (χ1v) is 2.61. The molecular weight excluding hydrogens is 100 g/mol. The van der Waals surface area contributed by atoms with Crippen molar-refractivity contribution in [1.29, 1.82) is 0 Å². The maximum Gasteiger partial charge on any atom is 0.233 e. The van der Waals surface area contributed by atoms with Crippen molar-refractivity contribution in [3.63, 3.8) is 0 Å². The van der Waals surface area contributed by atoms with Gasteiger partial charge in [-0.1, -0.05) is 12.7 Å². The van der Waals surface area contributed by atoms with Crippen LogP contribution in [0.4, 0.5) is 0 Å². The summed E-state index contributed by atoms with van der Waals surface area (Å²) < 4.78 is 0. The first kappa shape index (κ1) is 5.29. The summed E-state index contributed by atoms with van der Waals surface area (Å²) in [7, 11) is 0. The van der Waals surface area contributed by atoms with E-state index < -0.39 is 0 Å². The molecule has 1 rings (SSSR count). The molecule has 0 saturated carbocycles. The van der Waals surface area contributed by atoms with E-state index in [1.54, 1.807) is 6.29 Å². The van der Waals surface area contributed by atoms with Gasteiger partial charge in [-0.2, -0.15) is 0 Å². The molecule has 41 valence electrons. The Labute approximate surface area is 48.7 Å². The smallest absolute Gasteiger partial charge is 0.233 e. The predicted molar refractivity (Wildman–Crippen MR) is 32.2 cm³/mol. The number of carbonyl (C=O) groups excluding carboxylic acids is 1. The summed E-state index contributed by atoms with van der Waals surface area (Å²) >= 11 is 0. The maximum atomic E-state index is 9.87. The molecule has 1 aliphatic rings. The molecule has 1 heteroatoms. The maximum absolute atomic E-state index is 9.87. The lowest BCUT2D eigenvalue weighted by Gasteiger charge is -2.11. The Morgan fingerprint density at radius 3 is 2.62 bits per heavy atom. The molecule has 0 N–H and O–H groups in total. The molecule has 0 saturated heterocycles. The van der Waals surface area contributed by atoms with E-state index >= 15 is 0 Å². The van der Waals surface area contributed by atoms with Crippen LogP contribution in [0.15, 0.2) is 23.8 Å². The number of allylic oxidation sites excluding steroid dienone is 3. The van der Waals surface area contributed by atoms with Gasteiger partial charge in [0.15, 0.2) is 0 Å². The van der Waals surface area contributed by atoms with E-state index in [9.17, 15) is 4.79 Å². The number of hydrogen-bond donors (Lipinski definition) is 0. The molecule has 1 radical (unpaired) electrons. The van der Waals surface area contributed by atoms with Crippen LogP contribution < -0.4 is 0 Å². The molecule has 0 unspecified atom stereocenters. The molecule has 0 aromatic heterocycles. The topological polar surface area (TPSA) is 17.1 Å². The van der Waals surface area contributed by atoms with Gasteiger partial charge in [-0.05, 0) is 18.4 Å². The molecule has 0 spiro atoms. The Morgan fingerprint density at radius 2 is 2.50 bits per heavy atom. The Hall–Kier alpha value is -0.850. The highest BCUT2D eigenvalue weighted by molar-refractivity contribution is 5.80. The normalized spacial score (nSPS) is 16.2. The van der Waals surface area contributed by atoms with Crippen LogP contribution in [0.1, 0.15) is 12.8 Å². The van der Waals surface area contributed by atoms with Gasteiger partial charge in [0, 0.05) is 5.57 Å². The largest absolute Gasteiger partial charge is 0.285 e. The average Bonchev–Trinajstić information content (AvgIpc) is 1.62. The van der Waals surface area contributed by atoms with E-state index in [0.29, 0.717) is 5.57 Å². The molecule has 0 bridgehead atoms. The van der Waals surface area contributed by atoms with E-state index in [4.69, 9.17) is 0 Å². The fourth-order valence-corrected chi connectivity index (χ4v) is 0.628. The SMILES string of the molecule is C=C([C]=O)C1=CCC1. The van der Waals surface area contributed by atoms with E-state index in [-0.39, 0.29) is 0 Å². The summed E-state index contributed by atoms with van der Waals surface area (Å²) in [6.45, 7) is 3.50. The van der Waals surface area contributed by atoms with Gasteiger partial charge in [-0.25, -0.2) is 0 Å². The fourth-order valence-electron chi connectivity index (χ4n) is 0.628. The van der Waals surface area contributed by atoms with Gasteiger partial charge < -0.3 is 0 Å². The minimum atomic E-state index is 0.524. The molecule has 1 aliphatic carbocycles. The summed E-state index contributed by atoms with van der Waals surface area (Å²) in [5.74, 6) is 0. The first-order valence-electron chi connectivity index (χ1n) is 2.61. The van der Waals surface area contributed by atoms with Crippen LogP contribution in [-0.2, 0) is 4.79 Å². The second kappa shape index (κ2) is 1.95. The Balaban J connectivity index is 2.59.